The molecule has 0 spiro atoms. The average Bonchev–Trinajstić information content (AvgIpc) is 3.53. The maximum Gasteiger partial charge on any atom is 0.305 e. The van der Waals surface area contributed by atoms with Gasteiger partial charge in [-0.05, 0) is 96.3 Å². The first-order valence-corrected chi connectivity index (χ1v) is 38.6. The zero-order chi connectivity index (χ0) is 62.0. The van der Waals surface area contributed by atoms with Gasteiger partial charge in [0.1, 0.15) is 0 Å². The summed E-state index contributed by atoms with van der Waals surface area (Å²) < 4.78 is 5.48. The molecule has 0 aromatic rings. The number of carbonyl (C=O) groups is 2. The number of unbranched alkanes of at least 4 members (excludes halogenated alkanes) is 53. The van der Waals surface area contributed by atoms with E-state index in [4.69, 9.17) is 4.74 Å². The van der Waals surface area contributed by atoms with Crippen LogP contribution in [-0.4, -0.2) is 47.4 Å². The van der Waals surface area contributed by atoms with Crippen molar-refractivity contribution in [3.8, 4) is 0 Å². The van der Waals surface area contributed by atoms with Gasteiger partial charge in [0.15, 0.2) is 0 Å². The summed E-state index contributed by atoms with van der Waals surface area (Å²) in [5, 5.41) is 23.3. The summed E-state index contributed by atoms with van der Waals surface area (Å²) >= 11 is 0. The summed E-state index contributed by atoms with van der Waals surface area (Å²) in [5.41, 5.74) is 0. The molecule has 0 aliphatic heterocycles. The number of aliphatic hydroxyl groups excluding tert-OH is 2. The van der Waals surface area contributed by atoms with Crippen molar-refractivity contribution in [3.05, 3.63) is 60.8 Å². The normalized spacial score (nSPS) is 12.8. The zero-order valence-electron chi connectivity index (χ0n) is 57.8. The minimum Gasteiger partial charge on any atom is -0.466 e. The van der Waals surface area contributed by atoms with E-state index < -0.39 is 12.1 Å². The van der Waals surface area contributed by atoms with Crippen molar-refractivity contribution in [1.82, 2.24) is 5.32 Å². The van der Waals surface area contributed by atoms with Gasteiger partial charge >= 0.3 is 5.97 Å². The van der Waals surface area contributed by atoms with Crippen molar-refractivity contribution in [3.63, 3.8) is 0 Å². The van der Waals surface area contributed by atoms with Crippen molar-refractivity contribution in [1.29, 1.82) is 0 Å². The number of ether oxygens (including phenoxy) is 1. The maximum absolute atomic E-state index is 12.5. The molecule has 0 radical (unpaired) electrons. The van der Waals surface area contributed by atoms with Crippen LogP contribution < -0.4 is 5.32 Å². The molecular weight excluding hydrogens is 1050 g/mol. The van der Waals surface area contributed by atoms with Gasteiger partial charge in [-0.15, -0.1) is 0 Å². The molecular formula is C80H149NO5. The highest BCUT2D eigenvalue weighted by Gasteiger charge is 2.18. The highest BCUT2D eigenvalue weighted by Crippen LogP contribution is 2.19. The number of amides is 1. The van der Waals surface area contributed by atoms with Crippen molar-refractivity contribution in [2.45, 2.75) is 424 Å². The fraction of sp³-hybridized carbons (Fsp3) is 0.850. The van der Waals surface area contributed by atoms with Crippen LogP contribution in [0.15, 0.2) is 60.8 Å². The molecule has 0 aliphatic carbocycles. The highest BCUT2D eigenvalue weighted by molar-refractivity contribution is 5.76. The van der Waals surface area contributed by atoms with E-state index in [-0.39, 0.29) is 18.5 Å². The first-order chi connectivity index (χ1) is 42.5. The minimum absolute atomic E-state index is 0.0000387. The standard InChI is InChI=1S/C80H149NO5/c1-3-5-7-9-11-13-15-17-19-20-21-35-38-41-45-48-52-56-60-64-68-72-78(83)77(76-82)81-79(84)73-69-65-61-57-53-49-46-42-39-36-33-31-29-27-25-23-22-24-26-28-30-32-34-37-40-43-47-51-55-59-63-67-71-75-86-80(85)74-70-66-62-58-54-50-44-18-16-14-12-10-8-6-4-2/h12,14,18,26,28,32,34,44,68,72,77-78,82-83H,3-11,13,15-17,19-25,27,29-31,33,35-43,45-67,69-71,73-76H2,1-2H3,(H,81,84)/b14-12-,28-26-,34-32-,44-18-,72-68+. The second-order valence-corrected chi connectivity index (χ2v) is 26.3. The van der Waals surface area contributed by atoms with Crippen LogP contribution >= 0.6 is 0 Å². The Morgan fingerprint density at radius 1 is 0.326 bits per heavy atom. The molecule has 0 saturated heterocycles. The summed E-state index contributed by atoms with van der Waals surface area (Å²) in [5.74, 6) is -0.0626. The molecule has 0 aliphatic rings. The molecule has 1 amide bonds. The molecule has 0 aromatic heterocycles. The minimum atomic E-state index is -0.845. The summed E-state index contributed by atoms with van der Waals surface area (Å²) in [7, 11) is 0. The summed E-state index contributed by atoms with van der Waals surface area (Å²) in [6, 6.07) is -0.629. The van der Waals surface area contributed by atoms with Gasteiger partial charge in [0.25, 0.3) is 0 Å². The molecule has 0 heterocycles. The highest BCUT2D eigenvalue weighted by atomic mass is 16.5. The average molecular weight is 1210 g/mol. The molecule has 2 atom stereocenters. The Labute approximate surface area is 537 Å². The zero-order valence-corrected chi connectivity index (χ0v) is 57.8. The molecule has 3 N–H and O–H groups in total. The Hall–Kier alpha value is -2.44. The number of hydrogen-bond donors (Lipinski definition) is 3. The number of nitrogens with one attached hydrogen (secondary N) is 1. The molecule has 86 heavy (non-hydrogen) atoms. The van der Waals surface area contributed by atoms with Crippen LogP contribution in [-0.2, 0) is 14.3 Å². The number of rotatable bonds is 72. The lowest BCUT2D eigenvalue weighted by Gasteiger charge is -2.20. The van der Waals surface area contributed by atoms with E-state index in [1.54, 1.807) is 6.08 Å². The Bertz CT molecular complexity index is 1480. The lowest BCUT2D eigenvalue weighted by Crippen LogP contribution is -2.45. The molecule has 2 unspecified atom stereocenters. The smallest absolute Gasteiger partial charge is 0.305 e. The summed E-state index contributed by atoms with van der Waals surface area (Å²) in [6.45, 7) is 4.90. The molecule has 504 valence electrons. The largest absolute Gasteiger partial charge is 0.466 e. The summed E-state index contributed by atoms with van der Waals surface area (Å²) in [6.07, 6.45) is 100. The predicted octanol–water partition coefficient (Wildman–Crippen LogP) is 25.4. The number of carbonyl (C=O) groups excluding carboxylic acids is 2. The quantitative estimate of drug-likeness (QED) is 0.0320. The lowest BCUT2D eigenvalue weighted by molar-refractivity contribution is -0.143. The van der Waals surface area contributed by atoms with Crippen LogP contribution in [0.2, 0.25) is 0 Å². The Kier molecular flexibility index (Phi) is 72.9. The Balaban J connectivity index is 3.41. The van der Waals surface area contributed by atoms with Gasteiger partial charge in [-0.2, -0.15) is 0 Å². The van der Waals surface area contributed by atoms with E-state index in [1.807, 2.05) is 6.08 Å². The number of aliphatic hydroxyl groups is 2. The van der Waals surface area contributed by atoms with Gasteiger partial charge in [-0.1, -0.05) is 364 Å². The monoisotopic (exact) mass is 1200 g/mol. The van der Waals surface area contributed by atoms with Crippen molar-refractivity contribution < 1.29 is 24.5 Å². The molecule has 0 saturated carbocycles. The van der Waals surface area contributed by atoms with Crippen LogP contribution in [0.3, 0.4) is 0 Å². The molecule has 6 nitrogen and oxygen atoms in total. The van der Waals surface area contributed by atoms with E-state index in [9.17, 15) is 19.8 Å². The topological polar surface area (TPSA) is 95.9 Å². The van der Waals surface area contributed by atoms with Gasteiger partial charge in [0.2, 0.25) is 5.91 Å². The van der Waals surface area contributed by atoms with Crippen molar-refractivity contribution >= 4 is 11.9 Å². The number of allylic oxidation sites excluding steroid dienone is 9. The molecule has 0 bridgehead atoms. The second kappa shape index (κ2) is 75.0. The van der Waals surface area contributed by atoms with Gasteiger partial charge in [0, 0.05) is 12.8 Å². The van der Waals surface area contributed by atoms with Crippen LogP contribution in [0, 0.1) is 0 Å². The maximum atomic E-state index is 12.5. The molecule has 0 aromatic carbocycles. The van der Waals surface area contributed by atoms with E-state index in [2.05, 4.69) is 67.8 Å². The SMILES string of the molecule is CCCCC/C=C\C/C=C\CCCCCCCC(=O)OCCCCCCCCCCC/C=C\C/C=C\CCCCCCCCCCCCCCCCCCCC(=O)NC(CO)C(O)/C=C/CCCCCCCCCCCCCCCCCCCCC. The molecule has 0 fully saturated rings. The van der Waals surface area contributed by atoms with E-state index >= 15 is 0 Å². The van der Waals surface area contributed by atoms with Crippen molar-refractivity contribution in [2.24, 2.45) is 0 Å². The summed E-state index contributed by atoms with van der Waals surface area (Å²) in [4.78, 5) is 24.6. The third-order valence-corrected chi connectivity index (χ3v) is 17.8. The molecule has 6 heteroatoms. The number of hydrogen-bond acceptors (Lipinski definition) is 5. The second-order valence-electron chi connectivity index (χ2n) is 26.3. The Morgan fingerprint density at radius 2 is 0.581 bits per heavy atom. The third kappa shape index (κ3) is 70.6. The van der Waals surface area contributed by atoms with Gasteiger partial charge < -0.3 is 20.3 Å². The first kappa shape index (κ1) is 83.6. The van der Waals surface area contributed by atoms with Gasteiger partial charge in [-0.25, -0.2) is 0 Å². The van der Waals surface area contributed by atoms with Gasteiger partial charge in [-0.3, -0.25) is 9.59 Å². The first-order valence-electron chi connectivity index (χ1n) is 38.6. The van der Waals surface area contributed by atoms with Crippen LogP contribution in [0.5, 0.6) is 0 Å². The number of esters is 1. The van der Waals surface area contributed by atoms with Crippen LogP contribution in [0.25, 0.3) is 0 Å². The Morgan fingerprint density at radius 3 is 0.907 bits per heavy atom. The van der Waals surface area contributed by atoms with Crippen LogP contribution in [0.4, 0.5) is 0 Å². The van der Waals surface area contributed by atoms with E-state index in [0.717, 1.165) is 57.8 Å². The van der Waals surface area contributed by atoms with E-state index in [1.165, 1.54) is 327 Å². The van der Waals surface area contributed by atoms with Gasteiger partial charge in [0.05, 0.1) is 25.4 Å². The van der Waals surface area contributed by atoms with Crippen molar-refractivity contribution in [2.75, 3.05) is 13.2 Å². The third-order valence-electron chi connectivity index (χ3n) is 17.8. The fourth-order valence-corrected chi connectivity index (χ4v) is 11.9. The lowest BCUT2D eigenvalue weighted by atomic mass is 10.0. The molecule has 0 rings (SSSR count). The van der Waals surface area contributed by atoms with E-state index in [0.29, 0.717) is 19.4 Å². The fourth-order valence-electron chi connectivity index (χ4n) is 11.9. The predicted molar refractivity (Wildman–Crippen MR) is 379 cm³/mol. The van der Waals surface area contributed by atoms with Crippen LogP contribution in [0.1, 0.15) is 412 Å².